The molecule has 104 valence electrons. The third-order valence-corrected chi connectivity index (χ3v) is 4.73. The number of piperidine rings is 1. The van der Waals surface area contributed by atoms with E-state index in [4.69, 9.17) is 0 Å². The number of likely N-dealkylation sites (tertiary alicyclic amines) is 1. The molecule has 4 heteroatoms. The van der Waals surface area contributed by atoms with Crippen LogP contribution in [0.25, 0.3) is 0 Å². The molecule has 1 saturated heterocycles. The zero-order valence-corrected chi connectivity index (χ0v) is 12.4. The van der Waals surface area contributed by atoms with E-state index in [0.717, 1.165) is 30.7 Å². The lowest BCUT2D eigenvalue weighted by Crippen LogP contribution is -2.43. The van der Waals surface area contributed by atoms with Gasteiger partial charge in [0.2, 0.25) is 0 Å². The van der Waals surface area contributed by atoms with E-state index < -0.39 is 10.8 Å². The highest BCUT2D eigenvalue weighted by Crippen LogP contribution is 2.22. The lowest BCUT2D eigenvalue weighted by molar-refractivity contribution is 0.0608. The highest BCUT2D eigenvalue weighted by atomic mass is 32.2. The standard InChI is InChI=1S/C15H21NO2S/c1-3-13-6-4-5-11-16(13)15(17)12-7-9-14(10-8-12)19(2)18/h7-10,13H,3-6,11H2,1-2H3/t13-,19+/m0/s1. The maximum atomic E-state index is 12.5. The van der Waals surface area contributed by atoms with Gasteiger partial charge in [-0.25, -0.2) is 0 Å². The number of amides is 1. The largest absolute Gasteiger partial charge is 0.336 e. The minimum absolute atomic E-state index is 0.111. The second-order valence-corrected chi connectivity index (χ2v) is 6.41. The van der Waals surface area contributed by atoms with Gasteiger partial charge in [-0.1, -0.05) is 6.92 Å². The van der Waals surface area contributed by atoms with Gasteiger partial charge >= 0.3 is 0 Å². The van der Waals surface area contributed by atoms with Crippen molar-refractivity contribution in [2.24, 2.45) is 0 Å². The van der Waals surface area contributed by atoms with Gasteiger partial charge in [-0.15, -0.1) is 0 Å². The van der Waals surface area contributed by atoms with Gasteiger partial charge in [0.05, 0.1) is 0 Å². The van der Waals surface area contributed by atoms with Gasteiger partial charge in [0.25, 0.3) is 5.91 Å². The van der Waals surface area contributed by atoms with E-state index in [1.165, 1.54) is 6.42 Å². The SMILES string of the molecule is CC[C@H]1CCCCN1C(=O)c1ccc([S@@](C)=O)cc1. The first kappa shape index (κ1) is 14.3. The maximum Gasteiger partial charge on any atom is 0.254 e. The van der Waals surface area contributed by atoms with Crippen molar-refractivity contribution in [1.29, 1.82) is 0 Å². The van der Waals surface area contributed by atoms with E-state index in [0.29, 0.717) is 11.6 Å². The Bertz CT molecular complexity index is 470. The number of carbonyl (C=O) groups excluding carboxylic acids is 1. The molecule has 2 rings (SSSR count). The van der Waals surface area contributed by atoms with Crippen LogP contribution in [0.3, 0.4) is 0 Å². The van der Waals surface area contributed by atoms with Crippen LogP contribution in [0.1, 0.15) is 43.0 Å². The first-order chi connectivity index (χ1) is 9.13. The average Bonchev–Trinajstić information content (AvgIpc) is 2.46. The molecule has 1 aromatic rings. The molecule has 0 unspecified atom stereocenters. The van der Waals surface area contributed by atoms with Crippen molar-refractivity contribution in [3.8, 4) is 0 Å². The Balaban J connectivity index is 2.16. The Morgan fingerprint density at radius 3 is 2.58 bits per heavy atom. The third-order valence-electron chi connectivity index (χ3n) is 3.79. The zero-order chi connectivity index (χ0) is 13.8. The average molecular weight is 279 g/mol. The van der Waals surface area contributed by atoms with E-state index in [9.17, 15) is 9.00 Å². The van der Waals surface area contributed by atoms with Gasteiger partial charge in [-0.3, -0.25) is 9.00 Å². The molecule has 0 saturated carbocycles. The summed E-state index contributed by atoms with van der Waals surface area (Å²) in [5.74, 6) is 0.111. The van der Waals surface area contributed by atoms with Crippen molar-refractivity contribution < 1.29 is 9.00 Å². The molecule has 0 aromatic heterocycles. The highest BCUT2D eigenvalue weighted by Gasteiger charge is 2.25. The molecular formula is C15H21NO2S. The van der Waals surface area contributed by atoms with Crippen LogP contribution in [0, 0.1) is 0 Å². The summed E-state index contributed by atoms with van der Waals surface area (Å²) < 4.78 is 11.3. The highest BCUT2D eigenvalue weighted by molar-refractivity contribution is 7.84. The quantitative estimate of drug-likeness (QED) is 0.853. The van der Waals surface area contributed by atoms with Crippen molar-refractivity contribution in [1.82, 2.24) is 4.90 Å². The van der Waals surface area contributed by atoms with Crippen LogP contribution in [-0.4, -0.2) is 33.9 Å². The van der Waals surface area contributed by atoms with Crippen LogP contribution in [-0.2, 0) is 10.8 Å². The lowest BCUT2D eigenvalue weighted by atomic mass is 9.99. The molecule has 1 aromatic carbocycles. The second-order valence-electron chi connectivity index (χ2n) is 5.03. The first-order valence-corrected chi connectivity index (χ1v) is 8.43. The Hall–Kier alpha value is -1.16. The number of carbonyl (C=O) groups is 1. The molecule has 0 radical (unpaired) electrons. The minimum Gasteiger partial charge on any atom is -0.336 e. The summed E-state index contributed by atoms with van der Waals surface area (Å²) >= 11 is 0. The summed E-state index contributed by atoms with van der Waals surface area (Å²) in [5.41, 5.74) is 0.703. The molecule has 1 amide bonds. The summed E-state index contributed by atoms with van der Waals surface area (Å²) in [6.07, 6.45) is 6.09. The zero-order valence-electron chi connectivity index (χ0n) is 11.6. The molecule has 1 heterocycles. The second kappa shape index (κ2) is 6.33. The number of hydrogen-bond donors (Lipinski definition) is 0. The van der Waals surface area contributed by atoms with Crippen molar-refractivity contribution >= 4 is 16.7 Å². The monoisotopic (exact) mass is 279 g/mol. The van der Waals surface area contributed by atoms with Gasteiger partial charge < -0.3 is 4.90 Å². The van der Waals surface area contributed by atoms with Crippen LogP contribution in [0.4, 0.5) is 0 Å². The molecule has 0 N–H and O–H groups in total. The molecule has 1 fully saturated rings. The summed E-state index contributed by atoms with van der Waals surface area (Å²) in [7, 11) is -0.989. The molecule has 0 spiro atoms. The Labute approximate surface area is 117 Å². The molecule has 0 bridgehead atoms. The van der Waals surface area contributed by atoms with Gasteiger partial charge in [0, 0.05) is 40.1 Å². The molecule has 0 aliphatic carbocycles. The van der Waals surface area contributed by atoms with E-state index in [-0.39, 0.29) is 5.91 Å². The fourth-order valence-electron chi connectivity index (χ4n) is 2.65. The van der Waals surface area contributed by atoms with E-state index >= 15 is 0 Å². The third kappa shape index (κ3) is 3.24. The molecule has 19 heavy (non-hydrogen) atoms. The minimum atomic E-state index is -0.989. The fraction of sp³-hybridized carbons (Fsp3) is 0.533. The van der Waals surface area contributed by atoms with Gasteiger partial charge in [0.1, 0.15) is 0 Å². The topological polar surface area (TPSA) is 37.4 Å². The van der Waals surface area contributed by atoms with Crippen molar-refractivity contribution in [2.45, 2.75) is 43.5 Å². The predicted octanol–water partition coefficient (Wildman–Crippen LogP) is 2.83. The summed E-state index contributed by atoms with van der Waals surface area (Å²) in [4.78, 5) is 15.3. The number of benzene rings is 1. The van der Waals surface area contributed by atoms with Crippen LogP contribution < -0.4 is 0 Å². The molecule has 2 atom stereocenters. The maximum absolute atomic E-state index is 12.5. The summed E-state index contributed by atoms with van der Waals surface area (Å²) in [5, 5.41) is 0. The fourth-order valence-corrected chi connectivity index (χ4v) is 3.17. The van der Waals surface area contributed by atoms with Crippen LogP contribution in [0.15, 0.2) is 29.2 Å². The van der Waals surface area contributed by atoms with Gasteiger partial charge in [-0.05, 0) is 49.9 Å². The van der Waals surface area contributed by atoms with E-state index in [1.807, 2.05) is 4.90 Å². The number of nitrogens with zero attached hydrogens (tertiary/aromatic N) is 1. The molecule has 3 nitrogen and oxygen atoms in total. The lowest BCUT2D eigenvalue weighted by Gasteiger charge is -2.35. The van der Waals surface area contributed by atoms with Crippen molar-refractivity contribution in [3.05, 3.63) is 29.8 Å². The van der Waals surface area contributed by atoms with Crippen LogP contribution >= 0.6 is 0 Å². The molecule has 1 aliphatic rings. The van der Waals surface area contributed by atoms with Crippen molar-refractivity contribution in [2.75, 3.05) is 12.8 Å². The molecule has 1 aliphatic heterocycles. The molecular weight excluding hydrogens is 258 g/mol. The predicted molar refractivity (Wildman–Crippen MR) is 77.7 cm³/mol. The van der Waals surface area contributed by atoms with Crippen LogP contribution in [0.5, 0.6) is 0 Å². The summed E-state index contributed by atoms with van der Waals surface area (Å²) in [6.45, 7) is 3.00. The van der Waals surface area contributed by atoms with Crippen LogP contribution in [0.2, 0.25) is 0 Å². The Morgan fingerprint density at radius 2 is 2.00 bits per heavy atom. The normalized spacial score (nSPS) is 21.2. The number of hydrogen-bond acceptors (Lipinski definition) is 2. The van der Waals surface area contributed by atoms with Gasteiger partial charge in [0.15, 0.2) is 0 Å². The van der Waals surface area contributed by atoms with Crippen molar-refractivity contribution in [3.63, 3.8) is 0 Å². The van der Waals surface area contributed by atoms with Gasteiger partial charge in [-0.2, -0.15) is 0 Å². The Morgan fingerprint density at radius 1 is 1.32 bits per heavy atom. The first-order valence-electron chi connectivity index (χ1n) is 6.88. The smallest absolute Gasteiger partial charge is 0.254 e. The number of rotatable bonds is 3. The summed E-state index contributed by atoms with van der Waals surface area (Å²) in [6, 6.07) is 7.53. The van der Waals surface area contributed by atoms with E-state index in [1.54, 1.807) is 30.5 Å². The Kier molecular flexibility index (Phi) is 4.75. The van der Waals surface area contributed by atoms with E-state index in [2.05, 4.69) is 6.92 Å².